The largest absolute Gasteiger partial charge is 0.441 e. The summed E-state index contributed by atoms with van der Waals surface area (Å²) in [5, 5.41) is 12.2. The molecule has 1 fully saturated rings. The molecule has 0 saturated carbocycles. The number of amides is 2. The second-order valence-corrected chi connectivity index (χ2v) is 5.86. The first-order valence-electron chi connectivity index (χ1n) is 7.40. The van der Waals surface area contributed by atoms with Gasteiger partial charge in [-0.3, -0.25) is 0 Å². The molecule has 2 amide bonds. The van der Waals surface area contributed by atoms with Crippen molar-refractivity contribution < 1.29 is 27.5 Å². The van der Waals surface area contributed by atoms with Crippen molar-refractivity contribution in [3.05, 3.63) is 24.1 Å². The van der Waals surface area contributed by atoms with Crippen LogP contribution in [0, 0.1) is 6.92 Å². The number of carbonyl (C=O) groups excluding carboxylic acids is 1. The number of hydrogen-bond acceptors (Lipinski definition) is 4. The molecular formula is C15H16F3N3O3. The Morgan fingerprint density at radius 2 is 2.04 bits per heavy atom. The molecule has 2 aromatic rings. The molecule has 1 aliphatic heterocycles. The molecule has 6 nitrogen and oxygen atoms in total. The Balaban J connectivity index is 1.65. The van der Waals surface area contributed by atoms with Crippen molar-refractivity contribution in [2.24, 2.45) is 0 Å². The van der Waals surface area contributed by atoms with E-state index in [2.05, 4.69) is 10.3 Å². The minimum atomic E-state index is -4.69. The van der Waals surface area contributed by atoms with Crippen molar-refractivity contribution in [1.82, 2.24) is 9.88 Å². The van der Waals surface area contributed by atoms with Crippen molar-refractivity contribution in [2.75, 3.05) is 18.4 Å². The van der Waals surface area contributed by atoms with Gasteiger partial charge in [0.1, 0.15) is 5.52 Å². The summed E-state index contributed by atoms with van der Waals surface area (Å²) in [6.07, 6.45) is -5.76. The lowest BCUT2D eigenvalue weighted by molar-refractivity contribution is -0.271. The molecular weight excluding hydrogens is 327 g/mol. The van der Waals surface area contributed by atoms with Crippen LogP contribution < -0.4 is 5.32 Å². The number of halogens is 3. The zero-order valence-electron chi connectivity index (χ0n) is 12.9. The van der Waals surface area contributed by atoms with Crippen molar-refractivity contribution in [1.29, 1.82) is 0 Å². The molecule has 2 N–H and O–H groups in total. The van der Waals surface area contributed by atoms with E-state index in [0.717, 1.165) is 0 Å². The Bertz CT molecular complexity index is 764. The summed E-state index contributed by atoms with van der Waals surface area (Å²) in [4.78, 5) is 17.6. The highest BCUT2D eigenvalue weighted by Gasteiger charge is 2.54. The first-order valence-corrected chi connectivity index (χ1v) is 7.40. The Hall–Kier alpha value is -2.29. The summed E-state index contributed by atoms with van der Waals surface area (Å²) >= 11 is 0. The number of carbonyl (C=O) groups is 1. The molecule has 130 valence electrons. The summed E-state index contributed by atoms with van der Waals surface area (Å²) in [6.45, 7) is 1.35. The van der Waals surface area contributed by atoms with E-state index in [1.165, 1.54) is 4.90 Å². The quantitative estimate of drug-likeness (QED) is 0.834. The van der Waals surface area contributed by atoms with Gasteiger partial charge < -0.3 is 19.7 Å². The molecule has 2 heterocycles. The number of anilines is 1. The van der Waals surface area contributed by atoms with Crippen LogP contribution in [-0.2, 0) is 0 Å². The lowest BCUT2D eigenvalue weighted by Crippen LogP contribution is -2.55. The highest BCUT2D eigenvalue weighted by atomic mass is 19.4. The van der Waals surface area contributed by atoms with Crippen LogP contribution in [0.5, 0.6) is 0 Å². The summed E-state index contributed by atoms with van der Waals surface area (Å²) in [5.74, 6) is 0.496. The molecule has 0 radical (unpaired) electrons. The summed E-state index contributed by atoms with van der Waals surface area (Å²) in [6, 6.07) is 4.40. The van der Waals surface area contributed by atoms with E-state index in [9.17, 15) is 23.1 Å². The smallest absolute Gasteiger partial charge is 0.417 e. The maximum absolute atomic E-state index is 12.8. The number of hydrogen-bond donors (Lipinski definition) is 2. The number of benzene rings is 1. The lowest BCUT2D eigenvalue weighted by atomic mass is 9.91. The monoisotopic (exact) mass is 343 g/mol. The Labute approximate surface area is 135 Å². The predicted molar refractivity (Wildman–Crippen MR) is 79.6 cm³/mol. The van der Waals surface area contributed by atoms with Crippen molar-refractivity contribution >= 4 is 22.8 Å². The van der Waals surface area contributed by atoms with Crippen molar-refractivity contribution in [2.45, 2.75) is 31.5 Å². The number of aryl methyl sites for hydroxylation is 1. The van der Waals surface area contributed by atoms with Gasteiger partial charge in [0.05, 0.1) is 0 Å². The molecule has 1 saturated heterocycles. The number of fused-ring (bicyclic) bond motifs is 1. The SMILES string of the molecule is Cc1nc2ccc(NC(=O)N3CCC(O)(C(F)(F)F)CC3)cc2o1. The number of oxazole rings is 1. The van der Waals surface area contributed by atoms with Gasteiger partial charge in [-0.1, -0.05) is 0 Å². The molecule has 1 aromatic heterocycles. The summed E-state index contributed by atoms with van der Waals surface area (Å²) < 4.78 is 43.7. The van der Waals surface area contributed by atoms with Crippen LogP contribution in [-0.4, -0.2) is 45.9 Å². The van der Waals surface area contributed by atoms with Gasteiger partial charge in [-0.15, -0.1) is 0 Å². The minimum absolute atomic E-state index is 0.175. The highest BCUT2D eigenvalue weighted by Crippen LogP contribution is 2.38. The van der Waals surface area contributed by atoms with Crippen molar-refractivity contribution in [3.8, 4) is 0 Å². The van der Waals surface area contributed by atoms with E-state index >= 15 is 0 Å². The number of likely N-dealkylation sites (tertiary alicyclic amines) is 1. The summed E-state index contributed by atoms with van der Waals surface area (Å²) in [7, 11) is 0. The number of nitrogens with zero attached hydrogens (tertiary/aromatic N) is 2. The third-order valence-electron chi connectivity index (χ3n) is 4.15. The molecule has 0 aliphatic carbocycles. The fourth-order valence-electron chi connectivity index (χ4n) is 2.68. The lowest BCUT2D eigenvalue weighted by Gasteiger charge is -2.38. The van der Waals surface area contributed by atoms with Crippen LogP contribution >= 0.6 is 0 Å². The second-order valence-electron chi connectivity index (χ2n) is 5.86. The van der Waals surface area contributed by atoms with Gasteiger partial charge in [0.2, 0.25) is 0 Å². The Morgan fingerprint density at radius 1 is 1.38 bits per heavy atom. The van der Waals surface area contributed by atoms with Gasteiger partial charge in [-0.25, -0.2) is 9.78 Å². The first-order chi connectivity index (χ1) is 11.2. The number of alkyl halides is 3. The highest BCUT2D eigenvalue weighted by molar-refractivity contribution is 5.91. The third kappa shape index (κ3) is 3.03. The molecule has 0 atom stereocenters. The fourth-order valence-corrected chi connectivity index (χ4v) is 2.68. The molecule has 1 aromatic carbocycles. The summed E-state index contributed by atoms with van der Waals surface area (Å²) in [5.41, 5.74) is -1.10. The number of rotatable bonds is 1. The van der Waals surface area contributed by atoms with Gasteiger partial charge in [0.15, 0.2) is 17.1 Å². The van der Waals surface area contributed by atoms with E-state index in [1.807, 2.05) is 0 Å². The van der Waals surface area contributed by atoms with Crippen LogP contribution in [0.3, 0.4) is 0 Å². The molecule has 1 aliphatic rings. The van der Waals surface area contributed by atoms with E-state index in [0.29, 0.717) is 22.7 Å². The number of nitrogens with one attached hydrogen (secondary N) is 1. The van der Waals surface area contributed by atoms with E-state index in [-0.39, 0.29) is 13.1 Å². The standard InChI is InChI=1S/C15H16F3N3O3/c1-9-19-11-3-2-10(8-12(11)24-9)20-13(22)21-6-4-14(23,5-7-21)15(16,17)18/h2-3,8,23H,4-7H2,1H3,(H,20,22). The van der Waals surface area contributed by atoms with Gasteiger partial charge in [0, 0.05) is 44.6 Å². The molecule has 24 heavy (non-hydrogen) atoms. The molecule has 0 unspecified atom stereocenters. The first kappa shape index (κ1) is 16.6. The van der Waals surface area contributed by atoms with Gasteiger partial charge in [-0.2, -0.15) is 13.2 Å². The average Bonchev–Trinajstić information content (AvgIpc) is 2.86. The minimum Gasteiger partial charge on any atom is -0.441 e. The number of piperidine rings is 1. The number of urea groups is 1. The topological polar surface area (TPSA) is 78.6 Å². The maximum atomic E-state index is 12.8. The van der Waals surface area contributed by atoms with Gasteiger partial charge in [-0.05, 0) is 12.1 Å². The van der Waals surface area contributed by atoms with E-state index in [4.69, 9.17) is 4.42 Å². The van der Waals surface area contributed by atoms with Crippen LogP contribution in [0.2, 0.25) is 0 Å². The molecule has 0 spiro atoms. The van der Waals surface area contributed by atoms with Crippen LogP contribution in [0.25, 0.3) is 11.1 Å². The number of aliphatic hydroxyl groups is 1. The Kier molecular flexibility index (Phi) is 3.90. The normalized spacial score (nSPS) is 18.0. The van der Waals surface area contributed by atoms with Crippen LogP contribution in [0.4, 0.5) is 23.7 Å². The second kappa shape index (κ2) is 5.66. The fraction of sp³-hybridized carbons (Fsp3) is 0.467. The third-order valence-corrected chi connectivity index (χ3v) is 4.15. The van der Waals surface area contributed by atoms with Crippen molar-refractivity contribution in [3.63, 3.8) is 0 Å². The van der Waals surface area contributed by atoms with E-state index in [1.54, 1.807) is 25.1 Å². The van der Waals surface area contributed by atoms with Crippen LogP contribution in [0.1, 0.15) is 18.7 Å². The predicted octanol–water partition coefficient (Wildman–Crippen LogP) is 3.06. The van der Waals surface area contributed by atoms with Gasteiger partial charge in [0.25, 0.3) is 0 Å². The van der Waals surface area contributed by atoms with Gasteiger partial charge >= 0.3 is 12.2 Å². The average molecular weight is 343 g/mol. The Morgan fingerprint density at radius 3 is 2.67 bits per heavy atom. The van der Waals surface area contributed by atoms with Crippen LogP contribution in [0.15, 0.2) is 22.6 Å². The zero-order chi connectivity index (χ0) is 17.5. The maximum Gasteiger partial charge on any atom is 0.417 e. The van der Waals surface area contributed by atoms with E-state index < -0.39 is 30.7 Å². The molecule has 3 rings (SSSR count). The molecule has 9 heteroatoms. The zero-order valence-corrected chi connectivity index (χ0v) is 12.9. The number of aromatic nitrogens is 1. The molecule has 0 bridgehead atoms.